The lowest BCUT2D eigenvalue weighted by Gasteiger charge is -2.11. The van der Waals surface area contributed by atoms with E-state index in [2.05, 4.69) is 9.97 Å². The lowest BCUT2D eigenvalue weighted by atomic mass is 10.0. The molecule has 0 unspecified atom stereocenters. The van der Waals surface area contributed by atoms with Gasteiger partial charge in [-0.3, -0.25) is 4.79 Å². The zero-order valence-corrected chi connectivity index (χ0v) is 11.4. The summed E-state index contributed by atoms with van der Waals surface area (Å²) in [7, 11) is 3.51. The van der Waals surface area contributed by atoms with Crippen LogP contribution < -0.4 is 0 Å². The highest BCUT2D eigenvalue weighted by atomic mass is 16.2. The summed E-state index contributed by atoms with van der Waals surface area (Å²) in [5.41, 5.74) is 3.63. The van der Waals surface area contributed by atoms with Gasteiger partial charge in [0.25, 0.3) is 5.91 Å². The van der Waals surface area contributed by atoms with Gasteiger partial charge in [0.2, 0.25) is 0 Å². The Morgan fingerprint density at radius 1 is 1.20 bits per heavy atom. The SMILES string of the molecule is CN(C)C(=O)c1cccc(-c2ccnc3[nH]ccc23)c1. The average molecular weight is 265 g/mol. The number of hydrogen-bond acceptors (Lipinski definition) is 2. The summed E-state index contributed by atoms with van der Waals surface area (Å²) in [5, 5.41) is 1.06. The minimum absolute atomic E-state index is 0.00576. The second-order valence-corrected chi connectivity index (χ2v) is 4.88. The molecule has 3 rings (SSSR count). The number of carbonyl (C=O) groups excluding carboxylic acids is 1. The first-order valence-electron chi connectivity index (χ1n) is 6.41. The van der Waals surface area contributed by atoms with E-state index in [1.165, 1.54) is 0 Å². The van der Waals surface area contributed by atoms with Crippen molar-refractivity contribution < 1.29 is 4.79 Å². The number of nitrogens with one attached hydrogen (secondary N) is 1. The molecule has 0 fully saturated rings. The normalized spacial score (nSPS) is 10.7. The third-order valence-corrected chi connectivity index (χ3v) is 3.29. The Balaban J connectivity index is 2.13. The van der Waals surface area contributed by atoms with E-state index in [4.69, 9.17) is 0 Å². The first-order valence-corrected chi connectivity index (χ1v) is 6.41. The molecule has 1 amide bonds. The van der Waals surface area contributed by atoms with E-state index >= 15 is 0 Å². The fourth-order valence-corrected chi connectivity index (χ4v) is 2.29. The van der Waals surface area contributed by atoms with Crippen molar-refractivity contribution in [1.82, 2.24) is 14.9 Å². The number of H-pyrrole nitrogens is 1. The Kier molecular flexibility index (Phi) is 2.99. The van der Waals surface area contributed by atoms with Crippen molar-refractivity contribution >= 4 is 16.9 Å². The van der Waals surface area contributed by atoms with Crippen LogP contribution in [-0.4, -0.2) is 34.9 Å². The summed E-state index contributed by atoms with van der Waals surface area (Å²) < 4.78 is 0. The van der Waals surface area contributed by atoms with Crippen LogP contribution in [0.3, 0.4) is 0 Å². The van der Waals surface area contributed by atoms with Gasteiger partial charge in [-0.15, -0.1) is 0 Å². The molecule has 4 nitrogen and oxygen atoms in total. The van der Waals surface area contributed by atoms with Crippen LogP contribution in [0.5, 0.6) is 0 Å². The Labute approximate surface area is 117 Å². The molecule has 20 heavy (non-hydrogen) atoms. The van der Waals surface area contributed by atoms with Crippen LogP contribution in [-0.2, 0) is 0 Å². The molecule has 2 heterocycles. The summed E-state index contributed by atoms with van der Waals surface area (Å²) >= 11 is 0. The monoisotopic (exact) mass is 265 g/mol. The first-order chi connectivity index (χ1) is 9.66. The summed E-state index contributed by atoms with van der Waals surface area (Å²) in [5.74, 6) is 0.00576. The maximum Gasteiger partial charge on any atom is 0.253 e. The zero-order valence-electron chi connectivity index (χ0n) is 11.4. The van der Waals surface area contributed by atoms with Gasteiger partial charge in [0.1, 0.15) is 5.65 Å². The molecule has 0 saturated heterocycles. The van der Waals surface area contributed by atoms with Crippen molar-refractivity contribution in [2.24, 2.45) is 0 Å². The van der Waals surface area contributed by atoms with Gasteiger partial charge in [0.15, 0.2) is 0 Å². The molecule has 0 radical (unpaired) electrons. The van der Waals surface area contributed by atoms with E-state index in [9.17, 15) is 4.79 Å². The maximum absolute atomic E-state index is 12.0. The Hall–Kier alpha value is -2.62. The topological polar surface area (TPSA) is 49.0 Å². The minimum atomic E-state index is 0.00576. The fraction of sp³-hybridized carbons (Fsp3) is 0.125. The van der Waals surface area contributed by atoms with Gasteiger partial charge in [0, 0.05) is 37.4 Å². The van der Waals surface area contributed by atoms with Crippen molar-refractivity contribution in [1.29, 1.82) is 0 Å². The molecule has 0 spiro atoms. The Bertz CT molecular complexity index is 774. The third-order valence-electron chi connectivity index (χ3n) is 3.29. The number of aromatic amines is 1. The number of carbonyl (C=O) groups is 1. The van der Waals surface area contributed by atoms with Crippen LogP contribution in [0.1, 0.15) is 10.4 Å². The van der Waals surface area contributed by atoms with Crippen LogP contribution in [0.25, 0.3) is 22.2 Å². The second kappa shape index (κ2) is 4.81. The molecule has 1 N–H and O–H groups in total. The summed E-state index contributed by atoms with van der Waals surface area (Å²) in [6.45, 7) is 0. The van der Waals surface area contributed by atoms with Crippen LogP contribution in [0, 0.1) is 0 Å². The fourth-order valence-electron chi connectivity index (χ4n) is 2.29. The second-order valence-electron chi connectivity index (χ2n) is 4.88. The summed E-state index contributed by atoms with van der Waals surface area (Å²) in [6, 6.07) is 11.6. The van der Waals surface area contributed by atoms with E-state index < -0.39 is 0 Å². The molecule has 3 aromatic rings. The first kappa shape index (κ1) is 12.4. The number of hydrogen-bond donors (Lipinski definition) is 1. The van der Waals surface area contributed by atoms with Crippen LogP contribution in [0.4, 0.5) is 0 Å². The molecule has 1 aromatic carbocycles. The molecule has 0 aliphatic carbocycles. The number of aromatic nitrogens is 2. The van der Waals surface area contributed by atoms with E-state index in [0.29, 0.717) is 5.56 Å². The van der Waals surface area contributed by atoms with Crippen molar-refractivity contribution in [3.8, 4) is 11.1 Å². The molecule has 100 valence electrons. The third kappa shape index (κ3) is 2.05. The Morgan fingerprint density at radius 3 is 2.85 bits per heavy atom. The van der Waals surface area contributed by atoms with Gasteiger partial charge in [-0.1, -0.05) is 12.1 Å². The predicted octanol–water partition coefficient (Wildman–Crippen LogP) is 2.93. The lowest BCUT2D eigenvalue weighted by Crippen LogP contribution is -2.21. The van der Waals surface area contributed by atoms with E-state index in [-0.39, 0.29) is 5.91 Å². The van der Waals surface area contributed by atoms with E-state index in [1.807, 2.05) is 42.6 Å². The number of nitrogens with zero attached hydrogens (tertiary/aromatic N) is 2. The van der Waals surface area contributed by atoms with Gasteiger partial charge in [-0.25, -0.2) is 4.98 Å². The number of pyridine rings is 1. The van der Waals surface area contributed by atoms with E-state index in [0.717, 1.165) is 22.2 Å². The van der Waals surface area contributed by atoms with Crippen LogP contribution in [0.15, 0.2) is 48.8 Å². The lowest BCUT2D eigenvalue weighted by molar-refractivity contribution is 0.0827. The molecule has 0 atom stereocenters. The summed E-state index contributed by atoms with van der Waals surface area (Å²) in [6.07, 6.45) is 3.64. The molecule has 0 saturated carbocycles. The molecule has 2 aromatic heterocycles. The predicted molar refractivity (Wildman–Crippen MR) is 79.5 cm³/mol. The quantitative estimate of drug-likeness (QED) is 0.774. The summed E-state index contributed by atoms with van der Waals surface area (Å²) in [4.78, 5) is 21.0. The van der Waals surface area contributed by atoms with Gasteiger partial charge < -0.3 is 9.88 Å². The highest BCUT2D eigenvalue weighted by molar-refractivity contribution is 5.98. The molecular weight excluding hydrogens is 250 g/mol. The highest BCUT2D eigenvalue weighted by Gasteiger charge is 2.10. The average Bonchev–Trinajstić information content (AvgIpc) is 2.94. The van der Waals surface area contributed by atoms with Crippen molar-refractivity contribution in [2.75, 3.05) is 14.1 Å². The van der Waals surface area contributed by atoms with Crippen molar-refractivity contribution in [3.05, 3.63) is 54.4 Å². The van der Waals surface area contributed by atoms with Crippen LogP contribution in [0.2, 0.25) is 0 Å². The van der Waals surface area contributed by atoms with Gasteiger partial charge in [-0.05, 0) is 35.4 Å². The van der Waals surface area contributed by atoms with Gasteiger partial charge >= 0.3 is 0 Å². The maximum atomic E-state index is 12.0. The van der Waals surface area contributed by atoms with Gasteiger partial charge in [-0.2, -0.15) is 0 Å². The van der Waals surface area contributed by atoms with E-state index in [1.54, 1.807) is 25.2 Å². The zero-order chi connectivity index (χ0) is 14.1. The highest BCUT2D eigenvalue weighted by Crippen LogP contribution is 2.27. The molecule has 0 bridgehead atoms. The molecular formula is C16H15N3O. The minimum Gasteiger partial charge on any atom is -0.346 e. The number of benzene rings is 1. The van der Waals surface area contributed by atoms with Crippen molar-refractivity contribution in [3.63, 3.8) is 0 Å². The number of amides is 1. The molecule has 0 aliphatic heterocycles. The number of rotatable bonds is 2. The smallest absolute Gasteiger partial charge is 0.253 e. The Morgan fingerprint density at radius 2 is 2.05 bits per heavy atom. The standard InChI is InChI=1S/C16H15N3O/c1-19(2)16(20)12-5-3-4-11(10-12)13-6-8-17-15-14(13)7-9-18-15/h3-10H,1-2H3,(H,17,18). The van der Waals surface area contributed by atoms with Crippen LogP contribution >= 0.6 is 0 Å². The van der Waals surface area contributed by atoms with Crippen molar-refractivity contribution in [2.45, 2.75) is 0 Å². The molecule has 0 aliphatic rings. The van der Waals surface area contributed by atoms with Gasteiger partial charge in [0.05, 0.1) is 0 Å². The number of fused-ring (bicyclic) bond motifs is 1. The largest absolute Gasteiger partial charge is 0.346 e. The molecule has 4 heteroatoms.